The van der Waals surface area contributed by atoms with Gasteiger partial charge in [0.2, 0.25) is 0 Å². The molecule has 1 aliphatic rings. The monoisotopic (exact) mass is 528 g/mol. The third kappa shape index (κ3) is 4.46. The molecule has 0 aromatic heterocycles. The maximum Gasteiger partial charge on any atom is 0.283 e. The molecule has 2 aromatic rings. The standard InChI is InChI=1S/C20H15BrCl2N2O4S/c1-3-11-9-16(24-19(11)13-5-4-6-15(22)18(13)23)20(26)25-30(27,28)17-10-12(29-2)7-8-14(17)21/h3-10H,1-2H3,(H,25,26)/b11-3+. The fraction of sp³-hybridized carbons (Fsp3) is 0.100. The Morgan fingerprint density at radius 1 is 1.23 bits per heavy atom. The van der Waals surface area contributed by atoms with Crippen LogP contribution in [0.4, 0.5) is 0 Å². The molecule has 0 aliphatic carbocycles. The summed E-state index contributed by atoms with van der Waals surface area (Å²) in [7, 11) is -2.77. The van der Waals surface area contributed by atoms with Gasteiger partial charge >= 0.3 is 0 Å². The second-order valence-electron chi connectivity index (χ2n) is 6.07. The number of allylic oxidation sites excluding steroid dienone is 3. The Bertz CT molecular complexity index is 1240. The molecule has 0 saturated carbocycles. The molecule has 6 nitrogen and oxygen atoms in total. The van der Waals surface area contributed by atoms with E-state index < -0.39 is 15.9 Å². The molecule has 1 amide bonds. The topological polar surface area (TPSA) is 84.8 Å². The second-order valence-corrected chi connectivity index (χ2v) is 9.36. The van der Waals surface area contributed by atoms with E-state index in [1.165, 1.54) is 25.3 Å². The summed E-state index contributed by atoms with van der Waals surface area (Å²) < 4.78 is 32.9. The van der Waals surface area contributed by atoms with Gasteiger partial charge in [-0.15, -0.1) is 0 Å². The van der Waals surface area contributed by atoms with Crippen molar-refractivity contribution in [1.82, 2.24) is 4.72 Å². The second kappa shape index (κ2) is 8.93. The summed E-state index contributed by atoms with van der Waals surface area (Å²) in [6.45, 7) is 1.77. The molecular weight excluding hydrogens is 515 g/mol. The van der Waals surface area contributed by atoms with Crippen LogP contribution in [0, 0.1) is 0 Å². The number of methoxy groups -OCH3 is 1. The van der Waals surface area contributed by atoms with Gasteiger partial charge in [0.15, 0.2) is 0 Å². The van der Waals surface area contributed by atoms with Gasteiger partial charge < -0.3 is 4.74 Å². The maximum absolute atomic E-state index is 12.7. The number of hydrogen-bond acceptors (Lipinski definition) is 5. The highest BCUT2D eigenvalue weighted by molar-refractivity contribution is 9.10. The van der Waals surface area contributed by atoms with Crippen molar-refractivity contribution in [3.05, 3.63) is 79.9 Å². The predicted molar refractivity (Wildman–Crippen MR) is 121 cm³/mol. The van der Waals surface area contributed by atoms with Gasteiger partial charge in [0.05, 0.1) is 22.9 Å². The van der Waals surface area contributed by atoms with Crippen LogP contribution in [0.1, 0.15) is 12.5 Å². The lowest BCUT2D eigenvalue weighted by molar-refractivity contribution is -0.115. The van der Waals surface area contributed by atoms with Gasteiger partial charge in [0.25, 0.3) is 15.9 Å². The number of nitrogens with one attached hydrogen (secondary N) is 1. The van der Waals surface area contributed by atoms with Crippen LogP contribution < -0.4 is 9.46 Å². The van der Waals surface area contributed by atoms with Crippen LogP contribution in [-0.2, 0) is 14.8 Å². The lowest BCUT2D eigenvalue weighted by Crippen LogP contribution is -2.31. The van der Waals surface area contributed by atoms with E-state index in [-0.39, 0.29) is 15.1 Å². The zero-order valence-corrected chi connectivity index (χ0v) is 19.7. The summed E-state index contributed by atoms with van der Waals surface area (Å²) >= 11 is 15.5. The fourth-order valence-corrected chi connectivity index (χ4v) is 5.05. The largest absolute Gasteiger partial charge is 0.497 e. The highest BCUT2D eigenvalue weighted by atomic mass is 79.9. The van der Waals surface area contributed by atoms with Crippen LogP contribution in [0.15, 0.2) is 74.2 Å². The summed E-state index contributed by atoms with van der Waals surface area (Å²) in [6.07, 6.45) is 3.22. The Labute approximate surface area is 192 Å². The van der Waals surface area contributed by atoms with E-state index in [0.717, 1.165) is 0 Å². The average molecular weight is 530 g/mol. The molecule has 156 valence electrons. The first-order valence-electron chi connectivity index (χ1n) is 8.50. The Morgan fingerprint density at radius 3 is 2.63 bits per heavy atom. The van der Waals surface area contributed by atoms with E-state index >= 15 is 0 Å². The van der Waals surface area contributed by atoms with Crippen molar-refractivity contribution in [3.63, 3.8) is 0 Å². The number of rotatable bonds is 5. The molecule has 3 rings (SSSR count). The Kier molecular flexibility index (Phi) is 6.71. The number of ether oxygens (including phenoxy) is 1. The molecule has 30 heavy (non-hydrogen) atoms. The van der Waals surface area contributed by atoms with Gasteiger partial charge in [0, 0.05) is 16.1 Å². The lowest BCUT2D eigenvalue weighted by Gasteiger charge is -2.10. The van der Waals surface area contributed by atoms with Gasteiger partial charge in [0.1, 0.15) is 16.3 Å². The number of halogens is 3. The highest BCUT2D eigenvalue weighted by Gasteiger charge is 2.27. The van der Waals surface area contributed by atoms with Gasteiger partial charge in [-0.2, -0.15) is 0 Å². The van der Waals surface area contributed by atoms with Crippen molar-refractivity contribution in [1.29, 1.82) is 0 Å². The van der Waals surface area contributed by atoms with Crippen LogP contribution in [0.25, 0.3) is 0 Å². The number of carbonyl (C=O) groups excluding carboxylic acids is 1. The molecule has 0 unspecified atom stereocenters. The molecular formula is C20H15BrCl2N2O4S. The smallest absolute Gasteiger partial charge is 0.283 e. The van der Waals surface area contributed by atoms with Crippen LogP contribution in [0.2, 0.25) is 10.0 Å². The van der Waals surface area contributed by atoms with Crippen molar-refractivity contribution in [3.8, 4) is 5.75 Å². The number of nitrogens with zero attached hydrogens (tertiary/aromatic N) is 1. The first-order chi connectivity index (χ1) is 14.2. The molecule has 0 bridgehead atoms. The molecule has 1 heterocycles. The van der Waals surface area contributed by atoms with Crippen LogP contribution in [-0.4, -0.2) is 27.1 Å². The van der Waals surface area contributed by atoms with E-state index in [4.69, 9.17) is 27.9 Å². The molecule has 0 radical (unpaired) electrons. The molecule has 2 aromatic carbocycles. The number of hydrogen-bond donors (Lipinski definition) is 1. The van der Waals surface area contributed by atoms with Crippen LogP contribution in [0.5, 0.6) is 5.75 Å². The normalized spacial score (nSPS) is 15.0. The summed E-state index contributed by atoms with van der Waals surface area (Å²) in [5.41, 5.74) is 1.51. The number of carbonyl (C=O) groups is 1. The van der Waals surface area contributed by atoms with E-state index in [9.17, 15) is 13.2 Å². The zero-order chi connectivity index (χ0) is 22.1. The van der Waals surface area contributed by atoms with E-state index in [0.29, 0.717) is 32.6 Å². The van der Waals surface area contributed by atoms with Crippen molar-refractivity contribution < 1.29 is 17.9 Å². The maximum atomic E-state index is 12.7. The van der Waals surface area contributed by atoms with Crippen LogP contribution in [0.3, 0.4) is 0 Å². The Hall–Kier alpha value is -2.13. The molecule has 0 saturated heterocycles. The minimum atomic E-state index is -4.18. The third-order valence-electron chi connectivity index (χ3n) is 4.20. The number of benzene rings is 2. The molecule has 1 aliphatic heterocycles. The fourth-order valence-electron chi connectivity index (χ4n) is 2.72. The van der Waals surface area contributed by atoms with Gasteiger partial charge in [-0.05, 0) is 52.7 Å². The van der Waals surface area contributed by atoms with Crippen molar-refractivity contribution in [2.45, 2.75) is 11.8 Å². The van der Waals surface area contributed by atoms with Gasteiger partial charge in [-0.3, -0.25) is 4.79 Å². The third-order valence-corrected chi connectivity index (χ3v) is 7.35. The van der Waals surface area contributed by atoms with E-state index in [2.05, 4.69) is 20.9 Å². The van der Waals surface area contributed by atoms with Crippen molar-refractivity contribution in [2.75, 3.05) is 7.11 Å². The quantitative estimate of drug-likeness (QED) is 0.596. The van der Waals surface area contributed by atoms with Gasteiger partial charge in [-0.25, -0.2) is 18.1 Å². The van der Waals surface area contributed by atoms with E-state index in [1.54, 1.807) is 37.3 Å². The summed E-state index contributed by atoms with van der Waals surface area (Å²) in [5.74, 6) is -0.546. The van der Waals surface area contributed by atoms with Crippen molar-refractivity contribution >= 4 is 60.8 Å². The van der Waals surface area contributed by atoms with Gasteiger partial charge in [-0.1, -0.05) is 41.4 Å². The zero-order valence-electron chi connectivity index (χ0n) is 15.7. The minimum absolute atomic E-state index is 0.0725. The highest BCUT2D eigenvalue weighted by Crippen LogP contribution is 2.31. The number of sulfonamides is 1. The molecule has 10 heteroatoms. The minimum Gasteiger partial charge on any atom is -0.497 e. The Morgan fingerprint density at radius 2 is 1.97 bits per heavy atom. The summed E-state index contributed by atoms with van der Waals surface area (Å²) in [5, 5.41) is 0.635. The first-order valence-corrected chi connectivity index (χ1v) is 11.5. The lowest BCUT2D eigenvalue weighted by atomic mass is 10.0. The molecule has 0 atom stereocenters. The Balaban J connectivity index is 1.94. The predicted octanol–water partition coefficient (Wildman–Crippen LogP) is 4.90. The molecule has 0 fully saturated rings. The average Bonchev–Trinajstić information content (AvgIpc) is 3.14. The summed E-state index contributed by atoms with van der Waals surface area (Å²) in [6, 6.07) is 9.48. The van der Waals surface area contributed by atoms with Crippen LogP contribution >= 0.6 is 39.1 Å². The van der Waals surface area contributed by atoms with E-state index in [1.807, 2.05) is 4.72 Å². The molecule has 1 N–H and O–H groups in total. The SMILES string of the molecule is C/C=C1\C=C(C(=O)NS(=O)(=O)c2cc(OC)ccc2Br)N=C1c1cccc(Cl)c1Cl. The molecule has 0 spiro atoms. The number of amides is 1. The summed E-state index contributed by atoms with van der Waals surface area (Å²) in [4.78, 5) is 16.9. The van der Waals surface area contributed by atoms with Crippen molar-refractivity contribution in [2.24, 2.45) is 4.99 Å². The number of aliphatic imine (C=N–C) groups is 1. The first kappa shape index (κ1) is 22.6.